The second-order valence-electron chi connectivity index (χ2n) is 4.18. The molecule has 1 fully saturated rings. The fourth-order valence-electron chi connectivity index (χ4n) is 1.48. The highest BCUT2D eigenvalue weighted by atomic mass is 32.2. The van der Waals surface area contributed by atoms with Crippen molar-refractivity contribution >= 4 is 28.5 Å². The molecule has 0 bridgehead atoms. The molecule has 0 aromatic heterocycles. The number of benzene rings is 1. The van der Waals surface area contributed by atoms with Crippen LogP contribution in [0.5, 0.6) is 0 Å². The van der Waals surface area contributed by atoms with Crippen LogP contribution in [0.3, 0.4) is 0 Å². The van der Waals surface area contributed by atoms with E-state index in [4.69, 9.17) is 4.18 Å². The summed E-state index contributed by atoms with van der Waals surface area (Å²) in [6.45, 7) is 3.03. The second-order valence-corrected chi connectivity index (χ2v) is 5.15. The van der Waals surface area contributed by atoms with Crippen LogP contribution in [0.4, 0.5) is 11.4 Å². The molecule has 18 heavy (non-hydrogen) atoms. The lowest BCUT2D eigenvalue weighted by molar-refractivity contribution is -0.384. The van der Waals surface area contributed by atoms with Crippen LogP contribution in [0.15, 0.2) is 24.3 Å². The third-order valence-electron chi connectivity index (χ3n) is 2.42. The van der Waals surface area contributed by atoms with Gasteiger partial charge in [0.2, 0.25) is 0 Å². The molecule has 0 aliphatic carbocycles. The lowest BCUT2D eigenvalue weighted by Crippen LogP contribution is -2.35. The van der Waals surface area contributed by atoms with E-state index in [2.05, 4.69) is 0 Å². The first kappa shape index (κ1) is 12.7. The number of nitro benzene ring substituents is 1. The average Bonchev–Trinajstić information content (AvgIpc) is 2.48. The molecule has 7 nitrogen and oxygen atoms in total. The molecule has 1 aromatic carbocycles. The Balaban J connectivity index is 2.35. The summed E-state index contributed by atoms with van der Waals surface area (Å²) in [5.74, 6) is -0.449. The smallest absolute Gasteiger partial charge is 0.270 e. The molecule has 1 atom stereocenters. The van der Waals surface area contributed by atoms with E-state index in [1.165, 1.54) is 38.1 Å². The summed E-state index contributed by atoms with van der Waals surface area (Å²) >= 11 is -1.91. The van der Waals surface area contributed by atoms with E-state index in [9.17, 15) is 19.1 Å². The fraction of sp³-hybridized carbons (Fsp3) is 0.300. The van der Waals surface area contributed by atoms with Gasteiger partial charge in [-0.15, -0.1) is 0 Å². The monoisotopic (exact) mass is 270 g/mol. The summed E-state index contributed by atoms with van der Waals surface area (Å²) in [6.07, 6.45) is 0. The number of carbonyl (C=O) groups excluding carboxylic acids is 1. The van der Waals surface area contributed by atoms with Gasteiger partial charge in [0.1, 0.15) is 0 Å². The van der Waals surface area contributed by atoms with E-state index in [-0.39, 0.29) is 5.69 Å². The predicted octanol–water partition coefficient (Wildman–Crippen LogP) is 1.32. The minimum absolute atomic E-state index is 0.101. The van der Waals surface area contributed by atoms with Crippen LogP contribution in [0, 0.1) is 10.1 Å². The molecular formula is C10H10N2O5S. The molecule has 0 saturated carbocycles. The van der Waals surface area contributed by atoms with Gasteiger partial charge in [-0.3, -0.25) is 19.1 Å². The van der Waals surface area contributed by atoms with E-state index in [0.29, 0.717) is 5.69 Å². The van der Waals surface area contributed by atoms with E-state index in [0.717, 1.165) is 4.31 Å². The zero-order valence-corrected chi connectivity index (χ0v) is 10.5. The quantitative estimate of drug-likeness (QED) is 0.597. The molecule has 0 N–H and O–H groups in total. The standard InChI is InChI=1S/C10H10N2O5S/c1-10(2)9(13)11(18(16)17-10)7-3-5-8(6-4-7)12(14)15/h3-6H,1-2H3. The average molecular weight is 270 g/mol. The van der Waals surface area contributed by atoms with Crippen molar-refractivity contribution in [2.24, 2.45) is 0 Å². The van der Waals surface area contributed by atoms with Crippen LogP contribution in [0.25, 0.3) is 0 Å². The number of amides is 1. The van der Waals surface area contributed by atoms with Crippen LogP contribution in [0.2, 0.25) is 0 Å². The number of hydrogen-bond donors (Lipinski definition) is 0. The molecule has 2 rings (SSSR count). The summed E-state index contributed by atoms with van der Waals surface area (Å²) in [4.78, 5) is 21.9. The Morgan fingerprint density at radius 2 is 1.89 bits per heavy atom. The fourth-order valence-corrected chi connectivity index (χ4v) is 2.63. The number of rotatable bonds is 2. The molecule has 1 unspecified atom stereocenters. The Kier molecular flexibility index (Phi) is 2.91. The summed E-state index contributed by atoms with van der Waals surface area (Å²) < 4.78 is 17.7. The van der Waals surface area contributed by atoms with Crippen LogP contribution in [-0.4, -0.2) is 20.6 Å². The van der Waals surface area contributed by atoms with Crippen molar-refractivity contribution in [3.63, 3.8) is 0 Å². The van der Waals surface area contributed by atoms with Gasteiger partial charge in [-0.25, -0.2) is 8.51 Å². The summed E-state index contributed by atoms with van der Waals surface area (Å²) in [6, 6.07) is 5.20. The number of nitrogens with zero attached hydrogens (tertiary/aromatic N) is 2. The maximum atomic E-state index is 11.9. The van der Waals surface area contributed by atoms with Gasteiger partial charge in [-0.05, 0) is 26.0 Å². The van der Waals surface area contributed by atoms with Crippen LogP contribution in [-0.2, 0) is 20.2 Å². The third-order valence-corrected chi connectivity index (χ3v) is 3.66. The molecule has 0 radical (unpaired) electrons. The first-order valence-corrected chi connectivity index (χ1v) is 6.06. The molecule has 1 heterocycles. The molecule has 0 spiro atoms. The van der Waals surface area contributed by atoms with Gasteiger partial charge in [0.05, 0.1) is 10.6 Å². The Morgan fingerprint density at radius 1 is 1.33 bits per heavy atom. The van der Waals surface area contributed by atoms with Gasteiger partial charge in [0, 0.05) is 12.1 Å². The van der Waals surface area contributed by atoms with Crippen LogP contribution in [0.1, 0.15) is 13.8 Å². The molecule has 8 heteroatoms. The van der Waals surface area contributed by atoms with Gasteiger partial charge in [-0.1, -0.05) is 0 Å². The highest BCUT2D eigenvalue weighted by Crippen LogP contribution is 2.31. The van der Waals surface area contributed by atoms with Gasteiger partial charge in [-0.2, -0.15) is 0 Å². The van der Waals surface area contributed by atoms with E-state index in [1.54, 1.807) is 0 Å². The summed E-state index contributed by atoms with van der Waals surface area (Å²) in [5.41, 5.74) is -0.960. The van der Waals surface area contributed by atoms with Gasteiger partial charge in [0.15, 0.2) is 5.60 Å². The molecular weight excluding hydrogens is 260 g/mol. The largest absolute Gasteiger partial charge is 0.273 e. The number of nitro groups is 1. The molecule has 1 amide bonds. The Labute approximate surface area is 105 Å². The number of hydrogen-bond acceptors (Lipinski definition) is 5. The molecule has 1 saturated heterocycles. The zero-order valence-electron chi connectivity index (χ0n) is 9.65. The van der Waals surface area contributed by atoms with E-state index >= 15 is 0 Å². The summed E-state index contributed by atoms with van der Waals surface area (Å²) in [5, 5.41) is 10.5. The number of non-ortho nitro benzene ring substituents is 1. The van der Waals surface area contributed by atoms with Gasteiger partial charge < -0.3 is 0 Å². The normalized spacial score (nSPS) is 22.2. The number of anilines is 1. The van der Waals surface area contributed by atoms with Gasteiger partial charge in [0.25, 0.3) is 22.9 Å². The highest BCUT2D eigenvalue weighted by molar-refractivity contribution is 7.83. The lowest BCUT2D eigenvalue weighted by atomic mass is 10.1. The Bertz CT molecular complexity index is 540. The molecule has 1 aliphatic heterocycles. The maximum Gasteiger partial charge on any atom is 0.273 e. The zero-order chi connectivity index (χ0) is 13.5. The van der Waals surface area contributed by atoms with Crippen molar-refractivity contribution in [2.45, 2.75) is 19.4 Å². The number of carbonyl (C=O) groups is 1. The van der Waals surface area contributed by atoms with E-state index < -0.39 is 27.7 Å². The first-order valence-electron chi connectivity index (χ1n) is 5.03. The van der Waals surface area contributed by atoms with Crippen LogP contribution >= 0.6 is 0 Å². The predicted molar refractivity (Wildman–Crippen MR) is 63.9 cm³/mol. The first-order chi connectivity index (χ1) is 8.33. The van der Waals surface area contributed by atoms with Crippen molar-refractivity contribution in [3.8, 4) is 0 Å². The minimum atomic E-state index is -1.91. The van der Waals surface area contributed by atoms with Crippen molar-refractivity contribution in [1.82, 2.24) is 0 Å². The SMILES string of the molecule is CC1(C)OS(=O)N(c2ccc([N+](=O)[O-])cc2)C1=O. The van der Waals surface area contributed by atoms with Crippen molar-refractivity contribution in [1.29, 1.82) is 0 Å². The highest BCUT2D eigenvalue weighted by Gasteiger charge is 2.46. The third kappa shape index (κ3) is 2.00. The molecule has 1 aromatic rings. The van der Waals surface area contributed by atoms with Crippen molar-refractivity contribution in [2.75, 3.05) is 4.31 Å². The second kappa shape index (κ2) is 4.14. The molecule has 96 valence electrons. The van der Waals surface area contributed by atoms with Crippen LogP contribution < -0.4 is 4.31 Å². The van der Waals surface area contributed by atoms with Gasteiger partial charge >= 0.3 is 0 Å². The molecule has 1 aliphatic rings. The topological polar surface area (TPSA) is 89.8 Å². The lowest BCUT2D eigenvalue weighted by Gasteiger charge is -2.13. The maximum absolute atomic E-state index is 11.9. The van der Waals surface area contributed by atoms with Crippen molar-refractivity contribution < 1.29 is 18.1 Å². The van der Waals surface area contributed by atoms with E-state index in [1.807, 2.05) is 0 Å². The summed E-state index contributed by atoms with van der Waals surface area (Å²) in [7, 11) is 0. The Hall–Kier alpha value is -1.80. The van der Waals surface area contributed by atoms with Crippen molar-refractivity contribution in [3.05, 3.63) is 34.4 Å². The Morgan fingerprint density at radius 3 is 2.28 bits per heavy atom. The minimum Gasteiger partial charge on any atom is -0.270 e.